The van der Waals surface area contributed by atoms with Gasteiger partial charge in [0.25, 0.3) is 0 Å². The number of nitrogens with zero attached hydrogens (tertiary/aromatic N) is 1. The predicted molar refractivity (Wildman–Crippen MR) is 84.4 cm³/mol. The second-order valence-corrected chi connectivity index (χ2v) is 4.97. The summed E-state index contributed by atoms with van der Waals surface area (Å²) in [5, 5.41) is 2.30. The zero-order chi connectivity index (χ0) is 14.1. The third kappa shape index (κ3) is 2.23. The summed E-state index contributed by atoms with van der Waals surface area (Å²) in [6, 6.07) is 22.3. The minimum atomic E-state index is 0.433. The van der Waals surface area contributed by atoms with Gasteiger partial charge in [0.2, 0.25) is 0 Å². The van der Waals surface area contributed by atoms with Gasteiger partial charge in [-0.2, -0.15) is 0 Å². The van der Waals surface area contributed by atoms with E-state index in [0.717, 1.165) is 28.0 Å². The summed E-state index contributed by atoms with van der Waals surface area (Å²) < 4.78 is 5.94. The highest BCUT2D eigenvalue weighted by Crippen LogP contribution is 2.25. The normalized spacial score (nSPS) is 11.0. The number of hydrogen-bond acceptors (Lipinski definition) is 2. The van der Waals surface area contributed by atoms with Crippen molar-refractivity contribution in [2.45, 2.75) is 6.61 Å². The Bertz CT molecular complexity index is 873. The van der Waals surface area contributed by atoms with Gasteiger partial charge in [-0.25, -0.2) is 4.98 Å². The van der Waals surface area contributed by atoms with Crippen molar-refractivity contribution < 1.29 is 4.74 Å². The second-order valence-electron chi connectivity index (χ2n) is 4.97. The zero-order valence-corrected chi connectivity index (χ0v) is 11.4. The number of imidazole rings is 1. The first-order chi connectivity index (χ1) is 10.4. The minimum absolute atomic E-state index is 0.433. The molecule has 0 aliphatic carbocycles. The molecule has 3 aromatic carbocycles. The first kappa shape index (κ1) is 12.0. The van der Waals surface area contributed by atoms with Gasteiger partial charge in [0.05, 0.1) is 11.0 Å². The number of aromatic amines is 1. The molecule has 1 heterocycles. The van der Waals surface area contributed by atoms with E-state index in [0.29, 0.717) is 6.61 Å². The molecular formula is C18H14N2O. The minimum Gasteiger partial charge on any atom is -0.485 e. The molecule has 102 valence electrons. The van der Waals surface area contributed by atoms with Crippen LogP contribution in [0.3, 0.4) is 0 Å². The van der Waals surface area contributed by atoms with Gasteiger partial charge in [0, 0.05) is 5.39 Å². The molecule has 0 aliphatic heterocycles. The lowest BCUT2D eigenvalue weighted by Gasteiger charge is -2.07. The van der Waals surface area contributed by atoms with Gasteiger partial charge < -0.3 is 9.72 Å². The summed E-state index contributed by atoms with van der Waals surface area (Å²) >= 11 is 0. The first-order valence-corrected chi connectivity index (χ1v) is 6.94. The molecule has 0 atom stereocenters. The average molecular weight is 274 g/mol. The van der Waals surface area contributed by atoms with Crippen molar-refractivity contribution >= 4 is 21.8 Å². The van der Waals surface area contributed by atoms with E-state index in [1.807, 2.05) is 48.5 Å². The molecule has 3 heteroatoms. The topological polar surface area (TPSA) is 37.9 Å². The Morgan fingerprint density at radius 3 is 2.62 bits per heavy atom. The summed E-state index contributed by atoms with van der Waals surface area (Å²) in [6.07, 6.45) is 0. The number of fused-ring (bicyclic) bond motifs is 2. The van der Waals surface area contributed by atoms with Crippen LogP contribution in [0.1, 0.15) is 5.82 Å². The number of benzene rings is 3. The lowest BCUT2D eigenvalue weighted by molar-refractivity contribution is 0.301. The van der Waals surface area contributed by atoms with Crippen LogP contribution in [0.25, 0.3) is 21.8 Å². The molecule has 0 saturated heterocycles. The highest BCUT2D eigenvalue weighted by Gasteiger charge is 2.05. The monoisotopic (exact) mass is 274 g/mol. The summed E-state index contributed by atoms with van der Waals surface area (Å²) in [5.74, 6) is 1.72. The Morgan fingerprint density at radius 2 is 1.67 bits per heavy atom. The fourth-order valence-electron chi connectivity index (χ4n) is 2.54. The van der Waals surface area contributed by atoms with Crippen LogP contribution in [0.15, 0.2) is 66.7 Å². The summed E-state index contributed by atoms with van der Waals surface area (Å²) in [7, 11) is 0. The number of rotatable bonds is 3. The molecule has 21 heavy (non-hydrogen) atoms. The highest BCUT2D eigenvalue weighted by molar-refractivity contribution is 5.88. The van der Waals surface area contributed by atoms with Crippen LogP contribution < -0.4 is 4.74 Å². The van der Waals surface area contributed by atoms with Gasteiger partial charge >= 0.3 is 0 Å². The number of para-hydroxylation sites is 2. The van der Waals surface area contributed by atoms with Crippen LogP contribution in [0.4, 0.5) is 0 Å². The van der Waals surface area contributed by atoms with Crippen molar-refractivity contribution in [3.05, 3.63) is 72.6 Å². The van der Waals surface area contributed by atoms with Crippen molar-refractivity contribution in [2.75, 3.05) is 0 Å². The molecule has 1 N–H and O–H groups in total. The van der Waals surface area contributed by atoms with Crippen LogP contribution in [-0.2, 0) is 6.61 Å². The molecule has 0 bridgehead atoms. The summed E-state index contributed by atoms with van der Waals surface area (Å²) in [6.45, 7) is 0.433. The highest BCUT2D eigenvalue weighted by atomic mass is 16.5. The van der Waals surface area contributed by atoms with E-state index in [2.05, 4.69) is 28.2 Å². The molecule has 0 saturated carbocycles. The predicted octanol–water partition coefficient (Wildman–Crippen LogP) is 4.30. The van der Waals surface area contributed by atoms with E-state index in [1.165, 1.54) is 5.39 Å². The number of ether oxygens (including phenoxy) is 1. The molecule has 3 nitrogen and oxygen atoms in total. The van der Waals surface area contributed by atoms with Gasteiger partial charge in [0.15, 0.2) is 0 Å². The smallest absolute Gasteiger partial charge is 0.146 e. The SMILES string of the molecule is c1ccc2c(OCc3nc4ccccc4[nH]3)cccc2c1. The fraction of sp³-hybridized carbons (Fsp3) is 0.0556. The maximum atomic E-state index is 5.94. The molecule has 0 amide bonds. The van der Waals surface area contributed by atoms with Gasteiger partial charge in [0.1, 0.15) is 18.2 Å². The Hall–Kier alpha value is -2.81. The zero-order valence-electron chi connectivity index (χ0n) is 11.4. The van der Waals surface area contributed by atoms with Crippen molar-refractivity contribution in [3.8, 4) is 5.75 Å². The number of aromatic nitrogens is 2. The van der Waals surface area contributed by atoms with E-state index < -0.39 is 0 Å². The van der Waals surface area contributed by atoms with E-state index in [4.69, 9.17) is 4.74 Å². The molecule has 4 rings (SSSR count). The van der Waals surface area contributed by atoms with Gasteiger partial charge in [-0.05, 0) is 23.6 Å². The fourth-order valence-corrected chi connectivity index (χ4v) is 2.54. The lowest BCUT2D eigenvalue weighted by Crippen LogP contribution is -1.97. The maximum Gasteiger partial charge on any atom is 0.146 e. The van der Waals surface area contributed by atoms with E-state index >= 15 is 0 Å². The van der Waals surface area contributed by atoms with Crippen molar-refractivity contribution in [3.63, 3.8) is 0 Å². The Balaban J connectivity index is 1.63. The van der Waals surface area contributed by atoms with Crippen LogP contribution in [0.2, 0.25) is 0 Å². The van der Waals surface area contributed by atoms with Gasteiger partial charge in [-0.3, -0.25) is 0 Å². The van der Waals surface area contributed by atoms with Crippen molar-refractivity contribution in [1.82, 2.24) is 9.97 Å². The van der Waals surface area contributed by atoms with E-state index in [-0.39, 0.29) is 0 Å². The Kier molecular flexibility index (Phi) is 2.82. The largest absolute Gasteiger partial charge is 0.485 e. The van der Waals surface area contributed by atoms with Crippen LogP contribution in [-0.4, -0.2) is 9.97 Å². The van der Waals surface area contributed by atoms with Crippen LogP contribution in [0, 0.1) is 0 Å². The maximum absolute atomic E-state index is 5.94. The lowest BCUT2D eigenvalue weighted by atomic mass is 10.1. The number of H-pyrrole nitrogens is 1. The number of hydrogen-bond donors (Lipinski definition) is 1. The second kappa shape index (κ2) is 4.94. The molecule has 0 radical (unpaired) electrons. The molecule has 0 spiro atoms. The summed E-state index contributed by atoms with van der Waals surface area (Å²) in [5.41, 5.74) is 2.00. The first-order valence-electron chi connectivity index (χ1n) is 6.94. The Morgan fingerprint density at radius 1 is 0.857 bits per heavy atom. The van der Waals surface area contributed by atoms with E-state index in [1.54, 1.807) is 0 Å². The third-order valence-electron chi connectivity index (χ3n) is 3.55. The third-order valence-corrected chi connectivity index (χ3v) is 3.55. The molecule has 4 aromatic rings. The van der Waals surface area contributed by atoms with Crippen LogP contribution in [0.5, 0.6) is 5.75 Å². The molecular weight excluding hydrogens is 260 g/mol. The average Bonchev–Trinajstić information content (AvgIpc) is 2.96. The number of nitrogens with one attached hydrogen (secondary N) is 1. The van der Waals surface area contributed by atoms with Crippen molar-refractivity contribution in [2.24, 2.45) is 0 Å². The van der Waals surface area contributed by atoms with Gasteiger partial charge in [-0.15, -0.1) is 0 Å². The van der Waals surface area contributed by atoms with Crippen LogP contribution >= 0.6 is 0 Å². The molecule has 1 aromatic heterocycles. The van der Waals surface area contributed by atoms with Crippen molar-refractivity contribution in [1.29, 1.82) is 0 Å². The molecule has 0 fully saturated rings. The Labute approximate surface area is 122 Å². The standard InChI is InChI=1S/C18H14N2O/c1-2-8-14-13(6-1)7-5-11-17(14)21-12-18-19-15-9-3-4-10-16(15)20-18/h1-11H,12H2,(H,19,20). The summed E-state index contributed by atoms with van der Waals surface area (Å²) in [4.78, 5) is 7.81. The van der Waals surface area contributed by atoms with E-state index in [9.17, 15) is 0 Å². The molecule has 0 unspecified atom stereocenters. The molecule has 0 aliphatic rings. The van der Waals surface area contributed by atoms with Gasteiger partial charge in [-0.1, -0.05) is 48.5 Å². The quantitative estimate of drug-likeness (QED) is 0.605.